The first-order valence-electron chi connectivity index (χ1n) is 6.66. The van der Waals surface area contributed by atoms with Crippen LogP contribution >= 0.6 is 0 Å². The van der Waals surface area contributed by atoms with Crippen molar-refractivity contribution in [2.24, 2.45) is 0 Å². The fourth-order valence-electron chi connectivity index (χ4n) is 1.95. The Bertz CT molecular complexity index is 468. The minimum absolute atomic E-state index is 0.700. The van der Waals surface area contributed by atoms with E-state index in [1.54, 1.807) is 27.7 Å². The minimum Gasteiger partial charge on any atom is -0.423 e. The second kappa shape index (κ2) is 4.82. The molecule has 19 heavy (non-hydrogen) atoms. The van der Waals surface area contributed by atoms with Crippen molar-refractivity contribution in [3.05, 3.63) is 23.8 Å². The maximum absolute atomic E-state index is 10.2. The van der Waals surface area contributed by atoms with Crippen molar-refractivity contribution in [3.63, 3.8) is 0 Å². The van der Waals surface area contributed by atoms with Gasteiger partial charge in [-0.25, -0.2) is 0 Å². The summed E-state index contributed by atoms with van der Waals surface area (Å²) in [4.78, 5) is 0. The molecule has 4 nitrogen and oxygen atoms in total. The SMILES string of the molecule is CC(C)(O)C(C)(C)OB(O)c1ccc2c(c1)NCC2. The Balaban J connectivity index is 2.14. The highest BCUT2D eigenvalue weighted by molar-refractivity contribution is 6.60. The largest absolute Gasteiger partial charge is 0.491 e. The van der Waals surface area contributed by atoms with Crippen LogP contribution in [0.5, 0.6) is 0 Å². The summed E-state index contributed by atoms with van der Waals surface area (Å²) in [7, 11) is -1.05. The molecule has 1 aromatic rings. The van der Waals surface area contributed by atoms with Gasteiger partial charge in [0.05, 0.1) is 11.2 Å². The molecule has 104 valence electrons. The lowest BCUT2D eigenvalue weighted by Crippen LogP contribution is -2.53. The van der Waals surface area contributed by atoms with Crippen molar-refractivity contribution in [3.8, 4) is 0 Å². The van der Waals surface area contributed by atoms with Gasteiger partial charge in [-0.05, 0) is 51.2 Å². The van der Waals surface area contributed by atoms with E-state index in [4.69, 9.17) is 4.65 Å². The fourth-order valence-corrected chi connectivity index (χ4v) is 1.95. The third-order valence-electron chi connectivity index (χ3n) is 4.01. The number of anilines is 1. The van der Waals surface area contributed by atoms with Gasteiger partial charge in [-0.15, -0.1) is 0 Å². The molecular formula is C14H22BNO3. The van der Waals surface area contributed by atoms with Crippen LogP contribution < -0.4 is 10.8 Å². The topological polar surface area (TPSA) is 61.7 Å². The number of rotatable bonds is 4. The summed E-state index contributed by atoms with van der Waals surface area (Å²) < 4.78 is 5.63. The number of nitrogens with one attached hydrogen (secondary N) is 1. The van der Waals surface area contributed by atoms with Crippen molar-refractivity contribution < 1.29 is 14.8 Å². The highest BCUT2D eigenvalue weighted by atomic mass is 16.5. The van der Waals surface area contributed by atoms with Crippen LogP contribution in [0, 0.1) is 0 Å². The molecule has 1 aliphatic rings. The third-order valence-corrected chi connectivity index (χ3v) is 4.01. The Morgan fingerprint density at radius 1 is 1.26 bits per heavy atom. The van der Waals surface area contributed by atoms with Crippen LogP contribution in [0.2, 0.25) is 0 Å². The summed E-state index contributed by atoms with van der Waals surface area (Å²) in [6.45, 7) is 7.81. The molecule has 5 heteroatoms. The smallest absolute Gasteiger partial charge is 0.423 e. The van der Waals surface area contributed by atoms with Crippen molar-refractivity contribution in [1.82, 2.24) is 0 Å². The monoisotopic (exact) mass is 263 g/mol. The normalized spacial score (nSPS) is 15.1. The molecule has 0 radical (unpaired) electrons. The number of aliphatic hydroxyl groups is 1. The molecule has 3 N–H and O–H groups in total. The molecule has 1 heterocycles. The molecule has 0 saturated carbocycles. The number of benzene rings is 1. The van der Waals surface area contributed by atoms with E-state index in [0.29, 0.717) is 5.46 Å². The van der Waals surface area contributed by atoms with Gasteiger partial charge in [0.15, 0.2) is 0 Å². The Hall–Kier alpha value is -1.04. The lowest BCUT2D eigenvalue weighted by atomic mass is 9.76. The summed E-state index contributed by atoms with van der Waals surface area (Å²) in [5.74, 6) is 0. The van der Waals surface area contributed by atoms with Crippen LogP contribution in [-0.2, 0) is 11.1 Å². The van der Waals surface area contributed by atoms with E-state index < -0.39 is 18.3 Å². The lowest BCUT2D eigenvalue weighted by molar-refractivity contribution is -0.0982. The number of hydrogen-bond donors (Lipinski definition) is 3. The van der Waals surface area contributed by atoms with E-state index in [1.807, 2.05) is 18.2 Å². The van der Waals surface area contributed by atoms with Gasteiger partial charge < -0.3 is 20.1 Å². The molecule has 1 aromatic carbocycles. The van der Waals surface area contributed by atoms with Gasteiger partial charge in [0, 0.05) is 12.2 Å². The van der Waals surface area contributed by atoms with Crippen LogP contribution in [0.4, 0.5) is 5.69 Å². The highest BCUT2D eigenvalue weighted by Crippen LogP contribution is 2.26. The van der Waals surface area contributed by atoms with Crippen molar-refractivity contribution in [2.45, 2.75) is 45.3 Å². The van der Waals surface area contributed by atoms with Crippen LogP contribution in [0.1, 0.15) is 33.3 Å². The van der Waals surface area contributed by atoms with Crippen LogP contribution in [0.15, 0.2) is 18.2 Å². The zero-order chi connectivity index (χ0) is 14.3. The van der Waals surface area contributed by atoms with E-state index in [0.717, 1.165) is 18.7 Å². The standard InChI is InChI=1S/C14H22BNO3/c1-13(2,17)14(3,4)19-15(18)11-6-5-10-7-8-16-12(10)9-11/h5-6,9,16-18H,7-8H2,1-4H3. The number of hydrogen-bond acceptors (Lipinski definition) is 4. The van der Waals surface area contributed by atoms with E-state index in [-0.39, 0.29) is 0 Å². The summed E-state index contributed by atoms with van der Waals surface area (Å²) in [5.41, 5.74) is 1.13. The molecule has 2 rings (SSSR count). The molecule has 0 aliphatic carbocycles. The Labute approximate surface area is 114 Å². The molecule has 0 saturated heterocycles. The quantitative estimate of drug-likeness (QED) is 0.706. The fraction of sp³-hybridized carbons (Fsp3) is 0.571. The van der Waals surface area contributed by atoms with Gasteiger partial charge >= 0.3 is 7.12 Å². The first kappa shape index (κ1) is 14.4. The van der Waals surface area contributed by atoms with E-state index in [2.05, 4.69) is 5.32 Å². The van der Waals surface area contributed by atoms with Gasteiger partial charge in [-0.2, -0.15) is 0 Å². The molecule has 0 unspecified atom stereocenters. The first-order valence-corrected chi connectivity index (χ1v) is 6.66. The first-order chi connectivity index (χ1) is 8.71. The molecule has 0 bridgehead atoms. The average Bonchev–Trinajstić information content (AvgIpc) is 2.73. The molecule has 0 spiro atoms. The summed E-state index contributed by atoms with van der Waals surface area (Å²) in [5, 5.41) is 23.5. The third kappa shape index (κ3) is 2.94. The van der Waals surface area contributed by atoms with E-state index in [9.17, 15) is 10.1 Å². The van der Waals surface area contributed by atoms with Crippen molar-refractivity contribution in [1.29, 1.82) is 0 Å². The van der Waals surface area contributed by atoms with Gasteiger partial charge in [0.25, 0.3) is 0 Å². The molecule has 0 atom stereocenters. The van der Waals surface area contributed by atoms with Gasteiger partial charge in [-0.3, -0.25) is 0 Å². The summed E-state index contributed by atoms with van der Waals surface area (Å²) in [6.07, 6.45) is 1.02. The van der Waals surface area contributed by atoms with Crippen molar-refractivity contribution in [2.75, 3.05) is 11.9 Å². The molecular weight excluding hydrogens is 241 g/mol. The second-order valence-corrected chi connectivity index (χ2v) is 6.13. The van der Waals surface area contributed by atoms with E-state index >= 15 is 0 Å². The molecule has 1 aliphatic heterocycles. The average molecular weight is 263 g/mol. The van der Waals surface area contributed by atoms with Crippen LogP contribution in [0.25, 0.3) is 0 Å². The highest BCUT2D eigenvalue weighted by Gasteiger charge is 2.39. The Morgan fingerprint density at radius 3 is 2.58 bits per heavy atom. The van der Waals surface area contributed by atoms with Gasteiger partial charge in [0.2, 0.25) is 0 Å². The zero-order valence-corrected chi connectivity index (χ0v) is 12.0. The molecule has 0 aromatic heterocycles. The Morgan fingerprint density at radius 2 is 1.95 bits per heavy atom. The maximum Gasteiger partial charge on any atom is 0.491 e. The minimum atomic E-state index is -1.05. The predicted octanol–water partition coefficient (Wildman–Crippen LogP) is 0.908. The maximum atomic E-state index is 10.2. The molecule has 0 fully saturated rings. The Kier molecular flexibility index (Phi) is 3.64. The summed E-state index contributed by atoms with van der Waals surface area (Å²) in [6, 6.07) is 5.79. The lowest BCUT2D eigenvalue weighted by Gasteiger charge is -2.38. The zero-order valence-electron chi connectivity index (χ0n) is 12.0. The second-order valence-electron chi connectivity index (χ2n) is 6.13. The van der Waals surface area contributed by atoms with Crippen LogP contribution in [0.3, 0.4) is 0 Å². The summed E-state index contributed by atoms with van der Waals surface area (Å²) >= 11 is 0. The van der Waals surface area contributed by atoms with Gasteiger partial charge in [-0.1, -0.05) is 12.1 Å². The van der Waals surface area contributed by atoms with Crippen LogP contribution in [-0.4, -0.2) is 35.0 Å². The predicted molar refractivity (Wildman–Crippen MR) is 77.7 cm³/mol. The molecule has 0 amide bonds. The van der Waals surface area contributed by atoms with Gasteiger partial charge in [0.1, 0.15) is 0 Å². The number of fused-ring (bicyclic) bond motifs is 1. The van der Waals surface area contributed by atoms with Crippen molar-refractivity contribution >= 4 is 18.3 Å². The van der Waals surface area contributed by atoms with E-state index in [1.165, 1.54) is 5.56 Å².